The molecule has 0 saturated heterocycles. The van der Waals surface area contributed by atoms with Gasteiger partial charge in [-0.1, -0.05) is 12.1 Å². The Balaban J connectivity index is 2.07. The molecule has 3 N–H and O–H groups in total. The number of aryl methyl sites for hydroxylation is 1. The predicted octanol–water partition coefficient (Wildman–Crippen LogP) is 1.73. The first-order valence-corrected chi connectivity index (χ1v) is 5.78. The van der Waals surface area contributed by atoms with Gasteiger partial charge in [-0.25, -0.2) is 0 Å². The number of nitrogens with one attached hydrogen (secondary N) is 1. The summed E-state index contributed by atoms with van der Waals surface area (Å²) < 4.78 is 0. The van der Waals surface area contributed by atoms with E-state index in [1.807, 2.05) is 19.1 Å². The van der Waals surface area contributed by atoms with Crippen molar-refractivity contribution in [1.29, 1.82) is 0 Å². The molecule has 0 spiro atoms. The van der Waals surface area contributed by atoms with Gasteiger partial charge >= 0.3 is 0 Å². The summed E-state index contributed by atoms with van der Waals surface area (Å²) in [6, 6.07) is 7.86. The lowest BCUT2D eigenvalue weighted by Gasteiger charge is -2.08. The number of phenolic OH excluding ortho intramolecular Hbond substituents is 2. The van der Waals surface area contributed by atoms with E-state index in [4.69, 9.17) is 0 Å². The van der Waals surface area contributed by atoms with Crippen molar-refractivity contribution in [1.82, 2.24) is 10.3 Å². The molecule has 1 aromatic heterocycles. The van der Waals surface area contributed by atoms with Crippen LogP contribution in [-0.2, 0) is 6.54 Å². The van der Waals surface area contributed by atoms with Crippen LogP contribution in [0.15, 0.2) is 36.5 Å². The van der Waals surface area contributed by atoms with Crippen molar-refractivity contribution in [3.8, 4) is 11.5 Å². The third-order valence-electron chi connectivity index (χ3n) is 2.67. The number of benzene rings is 1. The maximum atomic E-state index is 11.9. The van der Waals surface area contributed by atoms with Gasteiger partial charge in [-0.15, -0.1) is 0 Å². The minimum atomic E-state index is -0.531. The number of phenols is 2. The molecule has 19 heavy (non-hydrogen) atoms. The largest absolute Gasteiger partial charge is 0.507 e. The minimum absolute atomic E-state index is 0.123. The van der Waals surface area contributed by atoms with Gasteiger partial charge in [0.1, 0.15) is 17.1 Å². The Hall–Kier alpha value is -2.56. The highest BCUT2D eigenvalue weighted by atomic mass is 16.3. The Morgan fingerprint density at radius 2 is 1.89 bits per heavy atom. The second-order valence-corrected chi connectivity index (χ2v) is 4.16. The Morgan fingerprint density at radius 1 is 1.21 bits per heavy atom. The zero-order valence-corrected chi connectivity index (χ0v) is 10.4. The second kappa shape index (κ2) is 5.39. The van der Waals surface area contributed by atoms with Crippen molar-refractivity contribution < 1.29 is 15.0 Å². The number of hydrogen-bond donors (Lipinski definition) is 3. The van der Waals surface area contributed by atoms with Crippen molar-refractivity contribution in [2.45, 2.75) is 13.5 Å². The zero-order chi connectivity index (χ0) is 13.8. The highest BCUT2D eigenvalue weighted by Gasteiger charge is 2.15. The molecule has 98 valence electrons. The summed E-state index contributed by atoms with van der Waals surface area (Å²) in [4.78, 5) is 16.0. The summed E-state index contributed by atoms with van der Waals surface area (Å²) in [6.45, 7) is 2.16. The number of carbonyl (C=O) groups excluding carboxylic acids is 1. The van der Waals surface area contributed by atoms with Gasteiger partial charge in [-0.3, -0.25) is 9.78 Å². The summed E-state index contributed by atoms with van der Waals surface area (Å²) in [5.74, 6) is -1.03. The van der Waals surface area contributed by atoms with Gasteiger partial charge in [0.05, 0.1) is 0 Å². The molecule has 0 aliphatic heterocycles. The van der Waals surface area contributed by atoms with Crippen LogP contribution in [0, 0.1) is 6.92 Å². The number of amides is 1. The van der Waals surface area contributed by atoms with Gasteiger partial charge in [-0.2, -0.15) is 0 Å². The maximum absolute atomic E-state index is 11.9. The highest BCUT2D eigenvalue weighted by Crippen LogP contribution is 2.25. The first kappa shape index (κ1) is 12.9. The Bertz CT molecular complexity index is 574. The van der Waals surface area contributed by atoms with E-state index in [0.717, 1.165) is 11.3 Å². The van der Waals surface area contributed by atoms with Crippen LogP contribution in [0.1, 0.15) is 21.6 Å². The van der Waals surface area contributed by atoms with Crippen LogP contribution in [0.5, 0.6) is 11.5 Å². The standard InChI is InChI=1S/C14H14N2O3/c1-9-5-6-10(7-15-9)8-16-14(19)13-11(17)3-2-4-12(13)18/h2-7,17-18H,8H2,1H3,(H,16,19). The topological polar surface area (TPSA) is 82.5 Å². The van der Waals surface area contributed by atoms with Gasteiger partial charge in [0.2, 0.25) is 0 Å². The molecule has 1 aromatic carbocycles. The van der Waals surface area contributed by atoms with E-state index in [9.17, 15) is 15.0 Å². The third-order valence-corrected chi connectivity index (χ3v) is 2.67. The Labute approximate surface area is 110 Å². The van der Waals surface area contributed by atoms with Crippen LogP contribution in [0.3, 0.4) is 0 Å². The number of aromatic nitrogens is 1. The predicted molar refractivity (Wildman–Crippen MR) is 69.9 cm³/mol. The molecule has 1 amide bonds. The van der Waals surface area contributed by atoms with Crippen molar-refractivity contribution in [2.24, 2.45) is 0 Å². The van der Waals surface area contributed by atoms with Crippen LogP contribution >= 0.6 is 0 Å². The van der Waals surface area contributed by atoms with Gasteiger partial charge in [0.15, 0.2) is 0 Å². The van der Waals surface area contributed by atoms with Crippen molar-refractivity contribution >= 4 is 5.91 Å². The molecule has 0 radical (unpaired) electrons. The third kappa shape index (κ3) is 3.01. The molecule has 0 saturated carbocycles. The van der Waals surface area contributed by atoms with Crippen molar-refractivity contribution in [2.75, 3.05) is 0 Å². The molecular weight excluding hydrogens is 244 g/mol. The number of hydrogen-bond acceptors (Lipinski definition) is 4. The van der Waals surface area contributed by atoms with Crippen molar-refractivity contribution in [3.05, 3.63) is 53.3 Å². The fourth-order valence-corrected chi connectivity index (χ4v) is 1.63. The first-order valence-electron chi connectivity index (χ1n) is 5.78. The number of nitrogens with zero attached hydrogens (tertiary/aromatic N) is 1. The summed E-state index contributed by atoms with van der Waals surface area (Å²) in [7, 11) is 0. The lowest BCUT2D eigenvalue weighted by atomic mass is 10.1. The Morgan fingerprint density at radius 3 is 2.47 bits per heavy atom. The van der Waals surface area contributed by atoms with E-state index in [1.165, 1.54) is 18.2 Å². The molecule has 0 fully saturated rings. The molecule has 2 rings (SSSR count). The number of aromatic hydroxyl groups is 2. The smallest absolute Gasteiger partial charge is 0.259 e. The molecule has 5 heteroatoms. The number of pyridine rings is 1. The molecule has 5 nitrogen and oxygen atoms in total. The van der Waals surface area contributed by atoms with E-state index in [0.29, 0.717) is 0 Å². The van der Waals surface area contributed by atoms with E-state index in [-0.39, 0.29) is 23.6 Å². The van der Waals surface area contributed by atoms with Crippen LogP contribution in [0.2, 0.25) is 0 Å². The Kier molecular flexibility index (Phi) is 3.66. The summed E-state index contributed by atoms with van der Waals surface area (Å²) in [5.41, 5.74) is 1.62. The van der Waals surface area contributed by atoms with Crippen molar-refractivity contribution in [3.63, 3.8) is 0 Å². The molecule has 0 aliphatic rings. The van der Waals surface area contributed by atoms with E-state index >= 15 is 0 Å². The summed E-state index contributed by atoms with van der Waals surface area (Å²) in [5, 5.41) is 21.7. The molecule has 0 atom stereocenters. The first-order chi connectivity index (χ1) is 9.08. The van der Waals surface area contributed by atoms with Crippen LogP contribution in [-0.4, -0.2) is 21.1 Å². The van der Waals surface area contributed by atoms with Gasteiger partial charge in [0.25, 0.3) is 5.91 Å². The van der Waals surface area contributed by atoms with E-state index in [2.05, 4.69) is 10.3 Å². The quantitative estimate of drug-likeness (QED) is 0.783. The minimum Gasteiger partial charge on any atom is -0.507 e. The molecule has 0 unspecified atom stereocenters. The lowest BCUT2D eigenvalue weighted by Crippen LogP contribution is -2.23. The average molecular weight is 258 g/mol. The van der Waals surface area contributed by atoms with Gasteiger partial charge in [-0.05, 0) is 30.7 Å². The number of rotatable bonds is 3. The molecular formula is C14H14N2O3. The molecule has 0 bridgehead atoms. The maximum Gasteiger partial charge on any atom is 0.259 e. The number of carbonyl (C=O) groups is 1. The second-order valence-electron chi connectivity index (χ2n) is 4.16. The average Bonchev–Trinajstić information content (AvgIpc) is 2.38. The van der Waals surface area contributed by atoms with Crippen LogP contribution < -0.4 is 5.32 Å². The molecule has 1 heterocycles. The van der Waals surface area contributed by atoms with Gasteiger partial charge < -0.3 is 15.5 Å². The van der Waals surface area contributed by atoms with Crippen LogP contribution in [0.25, 0.3) is 0 Å². The monoisotopic (exact) mass is 258 g/mol. The van der Waals surface area contributed by atoms with Crippen LogP contribution in [0.4, 0.5) is 0 Å². The van der Waals surface area contributed by atoms with Gasteiger partial charge in [0, 0.05) is 18.4 Å². The SMILES string of the molecule is Cc1ccc(CNC(=O)c2c(O)cccc2O)cn1. The van der Waals surface area contributed by atoms with E-state index in [1.54, 1.807) is 6.20 Å². The molecule has 0 aliphatic carbocycles. The van der Waals surface area contributed by atoms with E-state index < -0.39 is 5.91 Å². The summed E-state index contributed by atoms with van der Waals surface area (Å²) >= 11 is 0. The lowest BCUT2D eigenvalue weighted by molar-refractivity contribution is 0.0945. The summed E-state index contributed by atoms with van der Waals surface area (Å²) in [6.07, 6.45) is 1.67. The highest BCUT2D eigenvalue weighted by molar-refractivity contribution is 5.99. The fraction of sp³-hybridized carbons (Fsp3) is 0.143. The fourth-order valence-electron chi connectivity index (χ4n) is 1.63. The zero-order valence-electron chi connectivity index (χ0n) is 10.4. The normalized spacial score (nSPS) is 10.2. The molecule has 2 aromatic rings.